The molecular weight excluding hydrogens is 412 g/mol. The van der Waals surface area contributed by atoms with Gasteiger partial charge >= 0.3 is 0 Å². The van der Waals surface area contributed by atoms with Crippen molar-refractivity contribution in [2.75, 3.05) is 23.7 Å². The summed E-state index contributed by atoms with van der Waals surface area (Å²) in [6.07, 6.45) is 9.38. The third kappa shape index (κ3) is 5.49. The zero-order chi connectivity index (χ0) is 22.5. The van der Waals surface area contributed by atoms with E-state index < -0.39 is 0 Å². The highest BCUT2D eigenvalue weighted by Gasteiger charge is 2.21. The van der Waals surface area contributed by atoms with Gasteiger partial charge in [0.1, 0.15) is 5.82 Å². The molecule has 0 spiro atoms. The Hall–Kier alpha value is -3.03. The average Bonchev–Trinajstić information content (AvgIpc) is 2.87. The van der Waals surface area contributed by atoms with Crippen molar-refractivity contribution in [3.63, 3.8) is 0 Å². The van der Waals surface area contributed by atoms with Gasteiger partial charge in [0.25, 0.3) is 0 Å². The average molecular weight is 445 g/mol. The van der Waals surface area contributed by atoms with Gasteiger partial charge < -0.3 is 21.1 Å². The predicted octanol–water partition coefficient (Wildman–Crippen LogP) is 4.46. The van der Waals surface area contributed by atoms with Crippen molar-refractivity contribution in [1.82, 2.24) is 20.3 Å². The molecule has 0 bridgehead atoms. The molecule has 2 aliphatic rings. The molecule has 2 fully saturated rings. The standard InChI is InChI=1S/C26H32N6O/c33-22-12-10-20(11-13-22)30-25-23(24-5-1-2-15-28-24)17-29-26(32-25)31-21-8-6-18(7-9-21)19-4-3-14-27-16-19/h1-2,5-9,15,17,19-20,22,27,33H,3-4,10-14,16H2,(H2,29,30,31,32). The van der Waals surface area contributed by atoms with Crippen LogP contribution in [0, 0.1) is 0 Å². The van der Waals surface area contributed by atoms with E-state index in [4.69, 9.17) is 4.98 Å². The van der Waals surface area contributed by atoms with Crippen molar-refractivity contribution in [2.24, 2.45) is 0 Å². The molecule has 7 heteroatoms. The maximum atomic E-state index is 9.86. The molecule has 5 rings (SSSR count). The number of anilines is 3. The topological polar surface area (TPSA) is 95.0 Å². The summed E-state index contributed by atoms with van der Waals surface area (Å²) in [6.45, 7) is 2.18. The summed E-state index contributed by atoms with van der Waals surface area (Å²) in [7, 11) is 0. The largest absolute Gasteiger partial charge is 0.393 e. The van der Waals surface area contributed by atoms with E-state index in [0.29, 0.717) is 11.9 Å². The number of rotatable bonds is 6. The number of aromatic nitrogens is 3. The summed E-state index contributed by atoms with van der Waals surface area (Å²) in [6, 6.07) is 14.7. The van der Waals surface area contributed by atoms with Gasteiger partial charge in [-0.1, -0.05) is 18.2 Å². The molecule has 4 N–H and O–H groups in total. The van der Waals surface area contributed by atoms with Crippen LogP contribution in [0.5, 0.6) is 0 Å². The first-order chi connectivity index (χ1) is 16.2. The summed E-state index contributed by atoms with van der Waals surface area (Å²) in [5, 5.41) is 20.3. The van der Waals surface area contributed by atoms with Crippen molar-refractivity contribution in [3.8, 4) is 11.3 Å². The smallest absolute Gasteiger partial charge is 0.229 e. The Morgan fingerprint density at radius 1 is 0.939 bits per heavy atom. The third-order valence-electron chi connectivity index (χ3n) is 6.70. The fourth-order valence-corrected chi connectivity index (χ4v) is 4.78. The molecule has 1 saturated carbocycles. The van der Waals surface area contributed by atoms with E-state index in [0.717, 1.165) is 61.5 Å². The monoisotopic (exact) mass is 444 g/mol. The maximum Gasteiger partial charge on any atom is 0.229 e. The number of hydrogen-bond acceptors (Lipinski definition) is 7. The molecule has 1 aliphatic heterocycles. The number of nitrogens with one attached hydrogen (secondary N) is 3. The Morgan fingerprint density at radius 3 is 2.52 bits per heavy atom. The molecule has 0 radical (unpaired) electrons. The minimum atomic E-state index is -0.187. The van der Waals surface area contributed by atoms with Gasteiger partial charge in [-0.25, -0.2) is 4.98 Å². The van der Waals surface area contributed by atoms with Crippen LogP contribution in [0.2, 0.25) is 0 Å². The van der Waals surface area contributed by atoms with Crippen LogP contribution in [0.3, 0.4) is 0 Å². The summed E-state index contributed by atoms with van der Waals surface area (Å²) < 4.78 is 0. The fourth-order valence-electron chi connectivity index (χ4n) is 4.78. The number of hydrogen-bond donors (Lipinski definition) is 4. The highest BCUT2D eigenvalue weighted by atomic mass is 16.3. The first-order valence-corrected chi connectivity index (χ1v) is 12.1. The van der Waals surface area contributed by atoms with E-state index in [-0.39, 0.29) is 12.1 Å². The Morgan fingerprint density at radius 2 is 1.79 bits per heavy atom. The first-order valence-electron chi connectivity index (χ1n) is 12.1. The van der Waals surface area contributed by atoms with Crippen LogP contribution >= 0.6 is 0 Å². The second-order valence-electron chi connectivity index (χ2n) is 9.11. The van der Waals surface area contributed by atoms with Crippen LogP contribution < -0.4 is 16.0 Å². The Kier molecular flexibility index (Phi) is 6.79. The van der Waals surface area contributed by atoms with Crippen molar-refractivity contribution < 1.29 is 5.11 Å². The Labute approximate surface area is 195 Å². The van der Waals surface area contributed by atoms with Crippen LogP contribution in [0.4, 0.5) is 17.5 Å². The molecule has 1 atom stereocenters. The summed E-state index contributed by atoms with van der Waals surface area (Å²) in [4.78, 5) is 13.9. The van der Waals surface area contributed by atoms with E-state index in [1.165, 1.54) is 18.4 Å². The van der Waals surface area contributed by atoms with E-state index >= 15 is 0 Å². The van der Waals surface area contributed by atoms with Crippen molar-refractivity contribution in [3.05, 3.63) is 60.4 Å². The second kappa shape index (κ2) is 10.3. The lowest BCUT2D eigenvalue weighted by molar-refractivity contribution is 0.126. The predicted molar refractivity (Wildman–Crippen MR) is 132 cm³/mol. The normalized spacial score (nSPS) is 23.1. The molecule has 3 aromatic rings. The maximum absolute atomic E-state index is 9.86. The number of aliphatic hydroxyl groups excluding tert-OH is 1. The minimum absolute atomic E-state index is 0.187. The van der Waals surface area contributed by atoms with Gasteiger partial charge in [0.15, 0.2) is 0 Å². The lowest BCUT2D eigenvalue weighted by atomic mass is 9.92. The summed E-state index contributed by atoms with van der Waals surface area (Å²) in [5.41, 5.74) is 4.07. The number of benzene rings is 1. The van der Waals surface area contributed by atoms with Crippen LogP contribution in [-0.2, 0) is 0 Å². The lowest BCUT2D eigenvalue weighted by Gasteiger charge is -2.27. The van der Waals surface area contributed by atoms with Gasteiger partial charge in [-0.3, -0.25) is 4.98 Å². The van der Waals surface area contributed by atoms with Crippen LogP contribution in [-0.4, -0.2) is 45.3 Å². The minimum Gasteiger partial charge on any atom is -0.393 e. The summed E-state index contributed by atoms with van der Waals surface area (Å²) >= 11 is 0. The molecule has 172 valence electrons. The number of aliphatic hydroxyl groups is 1. The van der Waals surface area contributed by atoms with E-state index in [1.54, 1.807) is 6.20 Å². The molecule has 1 aromatic carbocycles. The van der Waals surface area contributed by atoms with E-state index in [9.17, 15) is 5.11 Å². The molecular formula is C26H32N6O. The number of piperidine rings is 1. The van der Waals surface area contributed by atoms with Crippen molar-refractivity contribution >= 4 is 17.5 Å². The van der Waals surface area contributed by atoms with Gasteiger partial charge in [0.05, 0.1) is 17.4 Å². The van der Waals surface area contributed by atoms with Gasteiger partial charge in [-0.05, 0) is 80.8 Å². The SMILES string of the molecule is OC1CCC(Nc2nc(Nc3ccc(C4CCCNC4)cc3)ncc2-c2ccccn2)CC1. The van der Waals surface area contributed by atoms with Crippen molar-refractivity contribution in [2.45, 2.75) is 56.6 Å². The molecule has 33 heavy (non-hydrogen) atoms. The lowest BCUT2D eigenvalue weighted by Crippen LogP contribution is -2.29. The molecule has 2 aromatic heterocycles. The molecule has 1 aliphatic carbocycles. The quantitative estimate of drug-likeness (QED) is 0.446. The van der Waals surface area contributed by atoms with Crippen LogP contribution in [0.25, 0.3) is 11.3 Å². The molecule has 7 nitrogen and oxygen atoms in total. The first kappa shape index (κ1) is 21.8. The molecule has 1 saturated heterocycles. The highest BCUT2D eigenvalue weighted by Crippen LogP contribution is 2.30. The molecule has 1 unspecified atom stereocenters. The number of pyridine rings is 1. The van der Waals surface area contributed by atoms with Gasteiger partial charge in [-0.2, -0.15) is 4.98 Å². The second-order valence-corrected chi connectivity index (χ2v) is 9.11. The van der Waals surface area contributed by atoms with E-state index in [2.05, 4.69) is 50.2 Å². The Balaban J connectivity index is 1.35. The highest BCUT2D eigenvalue weighted by molar-refractivity contribution is 5.73. The molecule has 0 amide bonds. The van der Waals surface area contributed by atoms with Crippen molar-refractivity contribution in [1.29, 1.82) is 0 Å². The fraction of sp³-hybridized carbons (Fsp3) is 0.423. The van der Waals surface area contributed by atoms with Gasteiger partial charge in [0.2, 0.25) is 5.95 Å². The van der Waals surface area contributed by atoms with Gasteiger partial charge in [-0.15, -0.1) is 0 Å². The third-order valence-corrected chi connectivity index (χ3v) is 6.70. The van der Waals surface area contributed by atoms with Crippen LogP contribution in [0.15, 0.2) is 54.9 Å². The molecule has 3 heterocycles. The van der Waals surface area contributed by atoms with E-state index in [1.807, 2.05) is 24.4 Å². The van der Waals surface area contributed by atoms with Crippen LogP contribution in [0.1, 0.15) is 50.0 Å². The van der Waals surface area contributed by atoms with Gasteiger partial charge in [0, 0.05) is 30.7 Å². The zero-order valence-corrected chi connectivity index (χ0v) is 18.9. The summed E-state index contributed by atoms with van der Waals surface area (Å²) in [5.74, 6) is 1.92. The number of nitrogens with zero attached hydrogens (tertiary/aromatic N) is 3. The Bertz CT molecular complexity index is 1030. The zero-order valence-electron chi connectivity index (χ0n) is 18.9.